The Bertz CT molecular complexity index is 2170. The van der Waals surface area contributed by atoms with Gasteiger partial charge in [-0.2, -0.15) is 0 Å². The molecule has 5 aromatic rings. The molecule has 0 N–H and O–H groups in total. The van der Waals surface area contributed by atoms with Gasteiger partial charge in [0, 0.05) is 16.9 Å². The molecule has 0 saturated carbocycles. The summed E-state index contributed by atoms with van der Waals surface area (Å²) in [7, 11) is 1.47. The maximum absolute atomic E-state index is 10.2. The molecule has 0 bridgehead atoms. The largest absolute Gasteiger partial charge is 0.374 e. The fourth-order valence-electron chi connectivity index (χ4n) is 7.66. The molecule has 2 aliphatic rings. The van der Waals surface area contributed by atoms with Crippen LogP contribution >= 0.6 is 0 Å². The molecule has 2 saturated heterocycles. The van der Waals surface area contributed by atoms with Gasteiger partial charge in [-0.25, -0.2) is 0 Å². The predicted molar refractivity (Wildman–Crippen MR) is 232 cm³/mol. The van der Waals surface area contributed by atoms with Gasteiger partial charge in [0.05, 0.1) is 46.2 Å². The van der Waals surface area contributed by atoms with Gasteiger partial charge in [-0.05, 0) is 38.9 Å². The molecule has 0 amide bonds. The van der Waals surface area contributed by atoms with Crippen molar-refractivity contribution in [2.75, 3.05) is 20.3 Å². The first-order valence-corrected chi connectivity index (χ1v) is 20.9. The zero-order valence-corrected chi connectivity index (χ0v) is 35.0. The second kappa shape index (κ2) is 24.3. The molecule has 0 aromatic heterocycles. The number of nitrogens with zero attached hydrogens (tertiary/aromatic N) is 6. The van der Waals surface area contributed by atoms with E-state index in [0.717, 1.165) is 27.8 Å². The third kappa shape index (κ3) is 13.0. The summed E-state index contributed by atoms with van der Waals surface area (Å²) in [6.07, 6.45) is -7.66. The first-order valence-electron chi connectivity index (χ1n) is 20.9. The number of benzene rings is 5. The Morgan fingerprint density at radius 1 is 0.444 bits per heavy atom. The van der Waals surface area contributed by atoms with Crippen LogP contribution in [0.5, 0.6) is 0 Å². The number of azide groups is 2. The predicted octanol–water partition coefficient (Wildman–Crippen LogP) is 9.02. The maximum Gasteiger partial charge on any atom is 0.169 e. The summed E-state index contributed by atoms with van der Waals surface area (Å²) in [5.41, 5.74) is 24.6. The molecule has 63 heavy (non-hydrogen) atoms. The SMILES string of the molecule is CO[C@@H]1O[C@H](COCc2ccccc2)[C@@H](O[C@@H]2O[C@H](COCc3ccccc3)[C@H](OCc3ccccc3)[C@H](OCc3ccccc3)[C@H]2N=[N+]=[N-])[C@H](OCc2ccccc2)[C@H]1N=[N+]=[N-]. The monoisotopic (exact) mass is 856 g/mol. The average Bonchev–Trinajstić information content (AvgIpc) is 3.33. The van der Waals surface area contributed by atoms with E-state index in [0.29, 0.717) is 6.61 Å². The van der Waals surface area contributed by atoms with E-state index in [2.05, 4.69) is 20.1 Å². The van der Waals surface area contributed by atoms with Gasteiger partial charge in [-0.3, -0.25) is 0 Å². The van der Waals surface area contributed by atoms with E-state index in [1.807, 2.05) is 152 Å². The topological polar surface area (TPSA) is 181 Å². The fraction of sp³-hybridized carbons (Fsp3) is 0.375. The van der Waals surface area contributed by atoms with Crippen molar-refractivity contribution in [2.45, 2.75) is 94.3 Å². The van der Waals surface area contributed by atoms with Crippen LogP contribution in [0, 0.1) is 0 Å². The molecule has 5 aromatic carbocycles. The summed E-state index contributed by atoms with van der Waals surface area (Å²) in [5.74, 6) is 0. The van der Waals surface area contributed by atoms with Gasteiger partial charge in [0.15, 0.2) is 12.6 Å². The summed E-state index contributed by atoms with van der Waals surface area (Å²) in [6, 6.07) is 46.4. The summed E-state index contributed by atoms with van der Waals surface area (Å²) >= 11 is 0. The van der Waals surface area contributed by atoms with Crippen LogP contribution in [0.1, 0.15) is 27.8 Å². The first-order chi connectivity index (χ1) is 31.1. The van der Waals surface area contributed by atoms with Gasteiger partial charge in [0.1, 0.15) is 48.7 Å². The lowest BCUT2D eigenvalue weighted by Crippen LogP contribution is -2.65. The normalized spacial score (nSPS) is 25.7. The van der Waals surface area contributed by atoms with E-state index in [9.17, 15) is 11.1 Å². The number of ether oxygens (including phenoxy) is 9. The van der Waals surface area contributed by atoms with Crippen molar-refractivity contribution in [1.82, 2.24) is 0 Å². The second-order valence-electron chi connectivity index (χ2n) is 15.1. The van der Waals surface area contributed by atoms with E-state index in [4.69, 9.17) is 42.6 Å². The third-order valence-corrected chi connectivity index (χ3v) is 10.8. The molecular formula is C48H52N6O9. The molecule has 0 radical (unpaired) electrons. The number of methoxy groups -OCH3 is 1. The second-order valence-corrected chi connectivity index (χ2v) is 15.1. The van der Waals surface area contributed by atoms with Gasteiger partial charge in [0.25, 0.3) is 0 Å². The van der Waals surface area contributed by atoms with Gasteiger partial charge in [-0.15, -0.1) is 0 Å². The molecule has 328 valence electrons. The Morgan fingerprint density at radius 2 is 0.778 bits per heavy atom. The zero-order valence-electron chi connectivity index (χ0n) is 35.0. The molecule has 15 nitrogen and oxygen atoms in total. The van der Waals surface area contributed by atoms with Crippen LogP contribution < -0.4 is 0 Å². The minimum absolute atomic E-state index is 0.0207. The minimum Gasteiger partial charge on any atom is -0.374 e. The number of hydrogen-bond donors (Lipinski definition) is 0. The Balaban J connectivity index is 1.25. The van der Waals surface area contributed by atoms with Crippen molar-refractivity contribution in [3.05, 3.63) is 200 Å². The first kappa shape index (κ1) is 45.4. The Hall–Kier alpha value is -5.64. The molecule has 0 spiro atoms. The Labute approximate surface area is 367 Å². The van der Waals surface area contributed by atoms with Gasteiger partial charge in [-0.1, -0.05) is 162 Å². The maximum atomic E-state index is 10.2. The quantitative estimate of drug-likeness (QED) is 0.0373. The van der Waals surface area contributed by atoms with Crippen LogP contribution in [-0.2, 0) is 75.7 Å². The van der Waals surface area contributed by atoms with Crippen LogP contribution in [0.15, 0.2) is 162 Å². The van der Waals surface area contributed by atoms with Crippen molar-refractivity contribution in [3.63, 3.8) is 0 Å². The molecule has 2 fully saturated rings. The molecular weight excluding hydrogens is 805 g/mol. The van der Waals surface area contributed by atoms with Crippen LogP contribution in [0.3, 0.4) is 0 Å². The van der Waals surface area contributed by atoms with Gasteiger partial charge < -0.3 is 42.6 Å². The van der Waals surface area contributed by atoms with Gasteiger partial charge >= 0.3 is 0 Å². The lowest BCUT2D eigenvalue weighted by molar-refractivity contribution is -0.338. The highest BCUT2D eigenvalue weighted by Gasteiger charge is 2.53. The average molecular weight is 857 g/mol. The number of rotatable bonds is 22. The minimum atomic E-state index is -1.28. The Morgan fingerprint density at radius 3 is 1.17 bits per heavy atom. The molecule has 10 atom stereocenters. The van der Waals surface area contributed by atoms with Crippen molar-refractivity contribution in [3.8, 4) is 0 Å². The summed E-state index contributed by atoms with van der Waals surface area (Å²) in [6.45, 7) is 1.17. The van der Waals surface area contributed by atoms with Crippen LogP contribution in [0.25, 0.3) is 20.9 Å². The van der Waals surface area contributed by atoms with Crippen molar-refractivity contribution in [2.24, 2.45) is 10.2 Å². The van der Waals surface area contributed by atoms with Crippen molar-refractivity contribution in [1.29, 1.82) is 0 Å². The molecule has 2 heterocycles. The van der Waals surface area contributed by atoms with Gasteiger partial charge in [0.2, 0.25) is 0 Å². The number of hydrogen-bond acceptors (Lipinski definition) is 11. The highest BCUT2D eigenvalue weighted by Crippen LogP contribution is 2.36. The molecule has 2 aliphatic heterocycles. The van der Waals surface area contributed by atoms with E-state index < -0.39 is 61.3 Å². The van der Waals surface area contributed by atoms with E-state index >= 15 is 0 Å². The summed E-state index contributed by atoms with van der Waals surface area (Å²) < 4.78 is 58.8. The molecule has 7 rings (SSSR count). The van der Waals surface area contributed by atoms with E-state index in [1.165, 1.54) is 7.11 Å². The van der Waals surface area contributed by atoms with Crippen molar-refractivity contribution < 1.29 is 42.6 Å². The van der Waals surface area contributed by atoms with E-state index in [1.54, 1.807) is 0 Å². The zero-order chi connectivity index (χ0) is 43.5. The fourth-order valence-corrected chi connectivity index (χ4v) is 7.66. The molecule has 0 unspecified atom stereocenters. The Kier molecular flexibility index (Phi) is 17.5. The third-order valence-electron chi connectivity index (χ3n) is 10.8. The smallest absolute Gasteiger partial charge is 0.169 e. The molecule has 0 aliphatic carbocycles. The lowest BCUT2D eigenvalue weighted by atomic mass is 9.94. The summed E-state index contributed by atoms with van der Waals surface area (Å²) in [4.78, 5) is 6.43. The highest BCUT2D eigenvalue weighted by molar-refractivity contribution is 5.17. The highest BCUT2D eigenvalue weighted by atomic mass is 16.7. The van der Waals surface area contributed by atoms with Crippen LogP contribution in [-0.4, -0.2) is 81.6 Å². The van der Waals surface area contributed by atoms with Crippen LogP contribution in [0.4, 0.5) is 0 Å². The summed E-state index contributed by atoms with van der Waals surface area (Å²) in [5, 5.41) is 8.40. The van der Waals surface area contributed by atoms with E-state index in [-0.39, 0.29) is 39.6 Å². The van der Waals surface area contributed by atoms with Crippen molar-refractivity contribution >= 4 is 0 Å². The molecule has 15 heteroatoms. The van der Waals surface area contributed by atoms with Crippen LogP contribution in [0.2, 0.25) is 0 Å². The standard InChI is InChI=1S/C48H52N6O9/c1-55-47-41(51-53-49)46(60-31-38-25-15-6-16-26-38)44(40(61-47)33-57-28-35-19-9-3-10-20-35)63-48-42(52-54-50)45(59-30-37-23-13-5-14-24-37)43(58-29-36-21-11-4-12-22-36)39(62-48)32-56-27-34-17-7-2-8-18-34/h2-26,39-48H,27-33H2,1H3/t39-,40-,41-,42-,43+,44-,45-,46-,47-,48+/m1/s1. The lowest BCUT2D eigenvalue weighted by Gasteiger charge is -2.49.